The van der Waals surface area contributed by atoms with Gasteiger partial charge in [-0.3, -0.25) is 0 Å². The zero-order chi connectivity index (χ0) is 14.4. The minimum absolute atomic E-state index is 0.160. The predicted octanol–water partition coefficient (Wildman–Crippen LogP) is 2.27. The van der Waals surface area contributed by atoms with Crippen molar-refractivity contribution in [1.82, 2.24) is 4.57 Å². The van der Waals surface area contributed by atoms with Crippen molar-refractivity contribution in [2.24, 2.45) is 11.1 Å². The van der Waals surface area contributed by atoms with Gasteiger partial charge in [0.1, 0.15) is 5.60 Å². The van der Waals surface area contributed by atoms with Crippen molar-refractivity contribution in [3.63, 3.8) is 0 Å². The van der Waals surface area contributed by atoms with Crippen LogP contribution in [0.15, 0.2) is 12.3 Å². The molecule has 1 aliphatic carbocycles. The molecule has 0 amide bonds. The number of nitrogens with zero attached hydrogens (tertiary/aromatic N) is 1. The first-order valence-corrected chi connectivity index (χ1v) is 7.51. The maximum atomic E-state index is 6.34. The highest BCUT2D eigenvalue weighted by Crippen LogP contribution is 2.40. The Labute approximate surface area is 121 Å². The maximum absolute atomic E-state index is 6.34. The highest BCUT2D eigenvalue weighted by molar-refractivity contribution is 5.30. The first kappa shape index (κ1) is 14.1. The molecule has 1 aromatic rings. The Hall–Kier alpha value is -0.840. The second kappa shape index (κ2) is 4.86. The number of hydrogen-bond donors (Lipinski definition) is 1. The number of fused-ring (bicyclic) bond motifs is 1. The molecule has 0 bridgehead atoms. The average molecular weight is 278 g/mol. The van der Waals surface area contributed by atoms with E-state index in [9.17, 15) is 0 Å². The van der Waals surface area contributed by atoms with Crippen LogP contribution in [-0.2, 0) is 22.4 Å². The Morgan fingerprint density at radius 3 is 2.95 bits per heavy atom. The molecule has 2 atom stereocenters. The zero-order valence-electron chi connectivity index (χ0n) is 12.8. The van der Waals surface area contributed by atoms with Crippen molar-refractivity contribution in [2.75, 3.05) is 20.3 Å². The highest BCUT2D eigenvalue weighted by atomic mass is 16.5. The monoisotopic (exact) mass is 278 g/mol. The van der Waals surface area contributed by atoms with E-state index in [4.69, 9.17) is 15.2 Å². The fourth-order valence-corrected chi connectivity index (χ4v) is 3.69. The second-order valence-electron chi connectivity index (χ2n) is 7.19. The predicted molar refractivity (Wildman–Crippen MR) is 78.6 cm³/mol. The third kappa shape index (κ3) is 2.41. The van der Waals surface area contributed by atoms with Gasteiger partial charge in [-0.05, 0) is 29.9 Å². The summed E-state index contributed by atoms with van der Waals surface area (Å²) in [5.41, 5.74) is 9.14. The van der Waals surface area contributed by atoms with Crippen LogP contribution in [0.3, 0.4) is 0 Å². The van der Waals surface area contributed by atoms with Crippen LogP contribution in [0.5, 0.6) is 0 Å². The van der Waals surface area contributed by atoms with Gasteiger partial charge in [0.15, 0.2) is 0 Å². The smallest absolute Gasteiger partial charge is 0.111 e. The van der Waals surface area contributed by atoms with Crippen molar-refractivity contribution in [3.05, 3.63) is 23.5 Å². The number of nitrogens with two attached hydrogens (primary N) is 1. The molecular formula is C16H26N2O2. The van der Waals surface area contributed by atoms with Gasteiger partial charge in [-0.1, -0.05) is 13.8 Å². The van der Waals surface area contributed by atoms with Gasteiger partial charge in [-0.2, -0.15) is 0 Å². The molecule has 0 saturated carbocycles. The number of rotatable bonds is 3. The molecule has 112 valence electrons. The molecule has 0 spiro atoms. The molecule has 0 radical (unpaired) electrons. The van der Waals surface area contributed by atoms with E-state index >= 15 is 0 Å². The normalized spacial score (nSPS) is 32.3. The molecule has 20 heavy (non-hydrogen) atoms. The van der Waals surface area contributed by atoms with Gasteiger partial charge >= 0.3 is 0 Å². The first-order valence-electron chi connectivity index (χ1n) is 7.51. The summed E-state index contributed by atoms with van der Waals surface area (Å²) in [4.78, 5) is 0. The largest absolute Gasteiger partial charge is 0.378 e. The molecule has 3 rings (SSSR count). The van der Waals surface area contributed by atoms with Crippen LogP contribution in [0.2, 0.25) is 0 Å². The van der Waals surface area contributed by atoms with Crippen molar-refractivity contribution < 1.29 is 9.47 Å². The Bertz CT molecular complexity index is 487. The third-order valence-electron chi connectivity index (χ3n) is 4.89. The Morgan fingerprint density at radius 2 is 2.30 bits per heavy atom. The molecule has 1 aromatic heterocycles. The lowest BCUT2D eigenvalue weighted by molar-refractivity contribution is -0.0302. The van der Waals surface area contributed by atoms with Crippen LogP contribution in [0.25, 0.3) is 0 Å². The van der Waals surface area contributed by atoms with E-state index in [0.29, 0.717) is 6.61 Å². The molecule has 2 aliphatic rings. The fourth-order valence-electron chi connectivity index (χ4n) is 3.69. The van der Waals surface area contributed by atoms with E-state index < -0.39 is 0 Å². The molecule has 1 fully saturated rings. The van der Waals surface area contributed by atoms with Crippen molar-refractivity contribution in [2.45, 2.75) is 51.3 Å². The molecule has 1 aliphatic heterocycles. The number of hydrogen-bond acceptors (Lipinski definition) is 3. The summed E-state index contributed by atoms with van der Waals surface area (Å²) >= 11 is 0. The molecule has 4 nitrogen and oxygen atoms in total. The SMILES string of the molecule is COC1(Cn2ccc3c2CC(C)(C)CC3N)CCOC1. The maximum Gasteiger partial charge on any atom is 0.111 e. The van der Waals surface area contributed by atoms with Crippen molar-refractivity contribution >= 4 is 0 Å². The Morgan fingerprint density at radius 1 is 1.50 bits per heavy atom. The fraction of sp³-hybridized carbons (Fsp3) is 0.750. The third-order valence-corrected chi connectivity index (χ3v) is 4.89. The molecule has 2 unspecified atom stereocenters. The second-order valence-corrected chi connectivity index (χ2v) is 7.19. The molecule has 0 aromatic carbocycles. The van der Waals surface area contributed by atoms with Gasteiger partial charge in [-0.25, -0.2) is 0 Å². The van der Waals surface area contributed by atoms with Crippen LogP contribution in [0, 0.1) is 5.41 Å². The molecule has 4 heteroatoms. The van der Waals surface area contributed by atoms with Gasteiger partial charge in [0.2, 0.25) is 0 Å². The van der Waals surface area contributed by atoms with E-state index in [1.807, 2.05) is 0 Å². The summed E-state index contributed by atoms with van der Waals surface area (Å²) in [6.07, 6.45) is 5.28. The van der Waals surface area contributed by atoms with Gasteiger partial charge in [0.05, 0.1) is 13.2 Å². The van der Waals surface area contributed by atoms with Crippen LogP contribution in [0.1, 0.15) is 44.0 Å². The van der Waals surface area contributed by atoms with Gasteiger partial charge in [0, 0.05) is 38.1 Å². The van der Waals surface area contributed by atoms with E-state index in [1.165, 1.54) is 11.3 Å². The van der Waals surface area contributed by atoms with E-state index in [-0.39, 0.29) is 17.1 Å². The zero-order valence-corrected chi connectivity index (χ0v) is 12.8. The standard InChI is InChI=1S/C16H26N2O2/c1-15(2)8-13(17)12-4-6-18(14(12)9-15)10-16(19-3)5-7-20-11-16/h4,6,13H,5,7-11,17H2,1-3H3. The lowest BCUT2D eigenvalue weighted by Gasteiger charge is -2.36. The minimum Gasteiger partial charge on any atom is -0.378 e. The molecule has 1 saturated heterocycles. The molecular weight excluding hydrogens is 252 g/mol. The van der Waals surface area contributed by atoms with Gasteiger partial charge in [-0.15, -0.1) is 0 Å². The Balaban J connectivity index is 1.89. The van der Waals surface area contributed by atoms with Gasteiger partial charge < -0.3 is 19.8 Å². The van der Waals surface area contributed by atoms with Crippen molar-refractivity contribution in [3.8, 4) is 0 Å². The number of methoxy groups -OCH3 is 1. The molecule has 2 N–H and O–H groups in total. The average Bonchev–Trinajstić information content (AvgIpc) is 2.97. The van der Waals surface area contributed by atoms with E-state index in [1.54, 1.807) is 7.11 Å². The summed E-state index contributed by atoms with van der Waals surface area (Å²) in [6.45, 7) is 6.95. The summed E-state index contributed by atoms with van der Waals surface area (Å²) in [5.74, 6) is 0. The van der Waals surface area contributed by atoms with Crippen LogP contribution in [-0.4, -0.2) is 30.5 Å². The summed E-state index contributed by atoms with van der Waals surface area (Å²) in [6, 6.07) is 2.35. The summed E-state index contributed by atoms with van der Waals surface area (Å²) in [5, 5.41) is 0. The van der Waals surface area contributed by atoms with E-state index in [0.717, 1.165) is 32.4 Å². The lowest BCUT2D eigenvalue weighted by Crippen LogP contribution is -2.38. The topological polar surface area (TPSA) is 49.4 Å². The van der Waals surface area contributed by atoms with Crippen molar-refractivity contribution in [1.29, 1.82) is 0 Å². The minimum atomic E-state index is -0.168. The quantitative estimate of drug-likeness (QED) is 0.922. The van der Waals surface area contributed by atoms with Gasteiger partial charge in [0.25, 0.3) is 0 Å². The summed E-state index contributed by atoms with van der Waals surface area (Å²) < 4.78 is 13.6. The number of ether oxygens (including phenoxy) is 2. The highest BCUT2D eigenvalue weighted by Gasteiger charge is 2.38. The van der Waals surface area contributed by atoms with E-state index in [2.05, 4.69) is 30.7 Å². The van der Waals surface area contributed by atoms with Crippen LogP contribution in [0.4, 0.5) is 0 Å². The lowest BCUT2D eigenvalue weighted by atomic mass is 9.74. The summed E-state index contributed by atoms with van der Waals surface area (Å²) in [7, 11) is 1.79. The van der Waals surface area contributed by atoms with Crippen LogP contribution < -0.4 is 5.73 Å². The first-order chi connectivity index (χ1) is 9.45. The number of aromatic nitrogens is 1. The van der Waals surface area contributed by atoms with Crippen LogP contribution >= 0.6 is 0 Å². The molecule has 2 heterocycles. The Kier molecular flexibility index (Phi) is 3.43.